The molecule has 1 saturated heterocycles. The molecule has 29 heavy (non-hydrogen) atoms. The van der Waals surface area contributed by atoms with E-state index in [0.717, 1.165) is 12.8 Å². The number of aromatic nitrogens is 1. The number of rotatable bonds is 5. The first kappa shape index (κ1) is 20.6. The second-order valence-electron chi connectivity index (χ2n) is 7.73. The van der Waals surface area contributed by atoms with Crippen LogP contribution < -0.4 is 10.7 Å². The van der Waals surface area contributed by atoms with Gasteiger partial charge in [-0.2, -0.15) is 5.01 Å². The van der Waals surface area contributed by atoms with Gasteiger partial charge in [0.15, 0.2) is 12.4 Å². The third kappa shape index (κ3) is 4.01. The molecule has 1 aliphatic carbocycles. The van der Waals surface area contributed by atoms with E-state index in [0.29, 0.717) is 29.3 Å². The molecule has 0 aromatic carbocycles. The first-order chi connectivity index (χ1) is 13.6. The minimum Gasteiger partial charge on any atom is -0.451 e. The Bertz CT molecular complexity index is 881. The monoisotopic (exact) mass is 404 g/mol. The summed E-state index contributed by atoms with van der Waals surface area (Å²) in [6, 6.07) is 0.672. The van der Waals surface area contributed by atoms with Crippen LogP contribution in [-0.2, 0) is 21.4 Å². The molecule has 10 heteroatoms. The predicted octanol–water partition coefficient (Wildman–Crippen LogP) is 0.916. The topological polar surface area (TPSA) is 127 Å². The van der Waals surface area contributed by atoms with Crippen LogP contribution in [0.5, 0.6) is 0 Å². The third-order valence-corrected chi connectivity index (χ3v) is 5.48. The number of ketones is 1. The molecular formula is C19H24N4O6. The van der Waals surface area contributed by atoms with E-state index in [4.69, 9.17) is 4.74 Å². The maximum absolute atomic E-state index is 12.7. The average molecular weight is 404 g/mol. The van der Waals surface area contributed by atoms with Crippen molar-refractivity contribution in [1.82, 2.24) is 20.3 Å². The first-order valence-electron chi connectivity index (χ1n) is 9.43. The Morgan fingerprint density at radius 2 is 1.93 bits per heavy atom. The van der Waals surface area contributed by atoms with Crippen molar-refractivity contribution >= 4 is 29.6 Å². The molecule has 4 amide bonds. The number of urea groups is 1. The zero-order chi connectivity index (χ0) is 21.3. The molecule has 1 aromatic rings. The molecule has 10 nitrogen and oxygen atoms in total. The highest BCUT2D eigenvalue weighted by atomic mass is 16.5. The number of hydrazine groups is 1. The highest BCUT2D eigenvalue weighted by Crippen LogP contribution is 2.35. The van der Waals surface area contributed by atoms with Gasteiger partial charge in [0.05, 0.1) is 0 Å². The first-order valence-corrected chi connectivity index (χ1v) is 9.43. The molecular weight excluding hydrogens is 380 g/mol. The van der Waals surface area contributed by atoms with Crippen LogP contribution in [-0.4, -0.2) is 51.3 Å². The molecule has 2 aliphatic rings. The molecule has 0 unspecified atom stereocenters. The summed E-state index contributed by atoms with van der Waals surface area (Å²) < 4.78 is 6.36. The van der Waals surface area contributed by atoms with E-state index < -0.39 is 36.0 Å². The van der Waals surface area contributed by atoms with E-state index in [1.54, 1.807) is 7.05 Å². The summed E-state index contributed by atoms with van der Waals surface area (Å²) in [5.41, 5.74) is 1.68. The summed E-state index contributed by atoms with van der Waals surface area (Å²) in [6.07, 6.45) is 4.14. The zero-order valence-electron chi connectivity index (χ0n) is 16.6. The molecule has 3 rings (SSSR count). The van der Waals surface area contributed by atoms with Crippen molar-refractivity contribution in [2.45, 2.75) is 45.1 Å². The van der Waals surface area contributed by atoms with Gasteiger partial charge in [0.2, 0.25) is 0 Å². The van der Waals surface area contributed by atoms with Crippen LogP contribution in [0.1, 0.15) is 60.4 Å². The van der Waals surface area contributed by atoms with Gasteiger partial charge in [-0.05, 0) is 44.6 Å². The quantitative estimate of drug-likeness (QED) is 0.427. The molecule has 0 radical (unpaired) electrons. The van der Waals surface area contributed by atoms with Crippen molar-refractivity contribution in [3.63, 3.8) is 0 Å². The number of nitrogens with zero attached hydrogens (tertiary/aromatic N) is 2. The minimum atomic E-state index is -0.973. The normalized spacial score (nSPS) is 23.8. The number of esters is 1. The largest absolute Gasteiger partial charge is 0.451 e. The summed E-state index contributed by atoms with van der Waals surface area (Å²) in [4.78, 5) is 60.5. The van der Waals surface area contributed by atoms with Gasteiger partial charge in [-0.15, -0.1) is 0 Å². The Kier molecular flexibility index (Phi) is 5.45. The van der Waals surface area contributed by atoms with Gasteiger partial charge in [0.25, 0.3) is 11.8 Å². The summed E-state index contributed by atoms with van der Waals surface area (Å²) in [6.45, 7) is 2.78. The Hall–Kier alpha value is -3.17. The van der Waals surface area contributed by atoms with Crippen LogP contribution in [0.25, 0.3) is 0 Å². The van der Waals surface area contributed by atoms with Crippen molar-refractivity contribution in [3.8, 4) is 0 Å². The van der Waals surface area contributed by atoms with Gasteiger partial charge in [-0.25, -0.2) is 9.59 Å². The molecule has 2 N–H and O–H groups in total. The molecule has 1 aromatic heterocycles. The van der Waals surface area contributed by atoms with E-state index in [1.807, 2.05) is 0 Å². The molecule has 2 fully saturated rings. The van der Waals surface area contributed by atoms with Crippen LogP contribution in [0.3, 0.4) is 0 Å². The van der Waals surface area contributed by atoms with Gasteiger partial charge in [-0.3, -0.25) is 19.8 Å². The highest BCUT2D eigenvalue weighted by molar-refractivity contribution is 6.08. The lowest BCUT2D eigenvalue weighted by molar-refractivity contribution is -0.141. The van der Waals surface area contributed by atoms with Gasteiger partial charge in [0, 0.05) is 18.8 Å². The van der Waals surface area contributed by atoms with Crippen molar-refractivity contribution in [1.29, 1.82) is 0 Å². The second-order valence-corrected chi connectivity index (χ2v) is 7.73. The summed E-state index contributed by atoms with van der Waals surface area (Å²) in [7, 11) is 1.57. The molecule has 156 valence electrons. The van der Waals surface area contributed by atoms with E-state index in [1.165, 1.54) is 23.8 Å². The predicted molar refractivity (Wildman–Crippen MR) is 99.6 cm³/mol. The van der Waals surface area contributed by atoms with E-state index in [2.05, 4.69) is 17.7 Å². The van der Waals surface area contributed by atoms with E-state index in [9.17, 15) is 24.0 Å². The number of carbonyl (C=O) groups is 5. The van der Waals surface area contributed by atoms with E-state index >= 15 is 0 Å². The zero-order valence-corrected chi connectivity index (χ0v) is 16.6. The molecule has 2 heterocycles. The standard InChI is InChI=1S/C19H24N4O6/c1-11-4-6-19(7-5-11)17(27)23(18(28)20-19)21-15(25)10-29-16(26)14-8-13(12(2)24)9-22(14)3/h8-9,11H,4-7,10H2,1-3H3,(H,20,28)(H,21,25). The van der Waals surface area contributed by atoms with Crippen molar-refractivity contribution in [3.05, 3.63) is 23.5 Å². The molecule has 1 saturated carbocycles. The molecule has 0 bridgehead atoms. The van der Waals surface area contributed by atoms with E-state index in [-0.39, 0.29) is 11.5 Å². The lowest BCUT2D eigenvalue weighted by atomic mass is 9.77. The Morgan fingerprint density at radius 1 is 1.28 bits per heavy atom. The number of hydrogen-bond donors (Lipinski definition) is 2. The fourth-order valence-corrected chi connectivity index (χ4v) is 3.64. The SMILES string of the molecule is CC(=O)c1cc(C(=O)OCC(=O)NN2C(=O)NC3(CCC(C)CC3)C2=O)n(C)c1. The van der Waals surface area contributed by atoms with Crippen molar-refractivity contribution in [2.75, 3.05) is 6.61 Å². The number of ether oxygens (including phenoxy) is 1. The number of imide groups is 1. The Labute approximate surface area is 167 Å². The highest BCUT2D eigenvalue weighted by Gasteiger charge is 2.52. The maximum atomic E-state index is 12.7. The minimum absolute atomic E-state index is 0.105. The van der Waals surface area contributed by atoms with Crippen molar-refractivity contribution < 1.29 is 28.7 Å². The average Bonchev–Trinajstić information content (AvgIpc) is 3.16. The van der Waals surface area contributed by atoms with Gasteiger partial charge >= 0.3 is 12.0 Å². The number of aryl methyl sites for hydroxylation is 1. The molecule has 0 atom stereocenters. The van der Waals surface area contributed by atoms with Crippen LogP contribution in [0.2, 0.25) is 0 Å². The lowest BCUT2D eigenvalue weighted by Crippen LogP contribution is -2.52. The summed E-state index contributed by atoms with van der Waals surface area (Å²) in [5, 5.41) is 3.34. The second kappa shape index (κ2) is 7.69. The fraction of sp³-hybridized carbons (Fsp3) is 0.526. The number of amides is 4. The Balaban J connectivity index is 1.57. The number of nitrogens with one attached hydrogen (secondary N) is 2. The van der Waals surface area contributed by atoms with Crippen LogP contribution in [0.4, 0.5) is 4.79 Å². The third-order valence-electron chi connectivity index (χ3n) is 5.48. The molecule has 1 aliphatic heterocycles. The van der Waals surface area contributed by atoms with Crippen LogP contribution in [0, 0.1) is 5.92 Å². The van der Waals surface area contributed by atoms with Crippen molar-refractivity contribution in [2.24, 2.45) is 13.0 Å². The summed E-state index contributed by atoms with van der Waals surface area (Å²) in [5.74, 6) is -1.84. The Morgan fingerprint density at radius 3 is 2.52 bits per heavy atom. The van der Waals surface area contributed by atoms with Crippen LogP contribution in [0.15, 0.2) is 12.3 Å². The maximum Gasteiger partial charge on any atom is 0.355 e. The molecule has 1 spiro atoms. The number of hydrogen-bond acceptors (Lipinski definition) is 6. The lowest BCUT2D eigenvalue weighted by Gasteiger charge is -2.33. The van der Waals surface area contributed by atoms with Crippen LogP contribution >= 0.6 is 0 Å². The smallest absolute Gasteiger partial charge is 0.355 e. The number of Topliss-reactive ketones (excluding diaryl/α,β-unsaturated/α-hetero) is 1. The fourth-order valence-electron chi connectivity index (χ4n) is 3.64. The number of carbonyl (C=O) groups excluding carboxylic acids is 5. The van der Waals surface area contributed by atoms with Gasteiger partial charge in [0.1, 0.15) is 11.2 Å². The van der Waals surface area contributed by atoms with Gasteiger partial charge < -0.3 is 14.6 Å². The summed E-state index contributed by atoms with van der Waals surface area (Å²) >= 11 is 0. The van der Waals surface area contributed by atoms with Gasteiger partial charge in [-0.1, -0.05) is 6.92 Å².